The third-order valence-corrected chi connectivity index (χ3v) is 16.6. The van der Waals surface area contributed by atoms with Crippen LogP contribution < -0.4 is 14.2 Å². The molecule has 5 aromatic rings. The summed E-state index contributed by atoms with van der Waals surface area (Å²) in [6.45, 7) is 18.2. The lowest BCUT2D eigenvalue weighted by molar-refractivity contribution is 0.104. The number of rotatable bonds is 18. The second-order valence-electron chi connectivity index (χ2n) is 16.3. The molecule has 0 radical (unpaired) electrons. The number of hydrogen-bond acceptors (Lipinski definition) is 10. The third kappa shape index (κ3) is 8.99. The predicted octanol–water partition coefficient (Wildman–Crippen LogP) is 15.8. The van der Waals surface area contributed by atoms with E-state index in [0.29, 0.717) is 35.7 Å². The molecule has 0 saturated carbocycles. The molecule has 7 rings (SSSR count). The van der Waals surface area contributed by atoms with Crippen LogP contribution >= 0.6 is 45.3 Å². The van der Waals surface area contributed by atoms with Crippen LogP contribution in [0.5, 0.6) is 17.2 Å². The summed E-state index contributed by atoms with van der Waals surface area (Å²) in [4.78, 5) is 21.6. The number of allylic oxidation sites excluding steroid dienone is 3. The molecule has 62 heavy (non-hydrogen) atoms. The van der Waals surface area contributed by atoms with Crippen molar-refractivity contribution in [3.63, 3.8) is 0 Å². The van der Waals surface area contributed by atoms with E-state index in [9.17, 15) is 24.1 Å². The SMILES string of the molecule is C=Cc1cc(OCC(CC)CCCC)c(-c2cc3c(s2)-c2sc(-c4sc(/C=C5\C(=O)c6cc(F)c(F)cc6C5=C(C#N)C#N)cc4OCC(CC)CCCC)cc2OC3(C)C)s1. The average Bonchev–Trinajstić information content (AvgIpc) is 4.10. The van der Waals surface area contributed by atoms with Gasteiger partial charge in [0.15, 0.2) is 17.4 Å². The van der Waals surface area contributed by atoms with Gasteiger partial charge in [0.1, 0.15) is 40.6 Å². The highest BCUT2D eigenvalue weighted by Crippen LogP contribution is 2.58. The van der Waals surface area contributed by atoms with Gasteiger partial charge in [0.25, 0.3) is 0 Å². The van der Waals surface area contributed by atoms with Gasteiger partial charge >= 0.3 is 0 Å². The molecule has 0 N–H and O–H groups in total. The van der Waals surface area contributed by atoms with E-state index in [0.717, 1.165) is 102 Å². The molecule has 1 aliphatic heterocycles. The van der Waals surface area contributed by atoms with E-state index in [1.54, 1.807) is 40.1 Å². The number of Topliss-reactive ketones (excluding diaryl/α,β-unsaturated/α-hetero) is 1. The minimum absolute atomic E-state index is 0.0126. The monoisotopic (exact) mass is 908 g/mol. The molecule has 0 amide bonds. The summed E-state index contributed by atoms with van der Waals surface area (Å²) in [5.41, 5.74) is 0.0361. The van der Waals surface area contributed by atoms with Crippen LogP contribution in [0.3, 0.4) is 0 Å². The van der Waals surface area contributed by atoms with Gasteiger partial charge in [-0.15, -0.1) is 45.3 Å². The molecule has 0 saturated heterocycles. The number of ketones is 1. The molecule has 4 aromatic heterocycles. The Kier molecular flexibility index (Phi) is 14.0. The molecule has 2 aliphatic rings. The van der Waals surface area contributed by atoms with Gasteiger partial charge in [-0.1, -0.05) is 78.9 Å². The number of benzene rings is 1. The molecule has 0 spiro atoms. The fourth-order valence-corrected chi connectivity index (χ4v) is 12.7. The first-order chi connectivity index (χ1) is 29.9. The van der Waals surface area contributed by atoms with Crippen molar-refractivity contribution in [1.82, 2.24) is 0 Å². The van der Waals surface area contributed by atoms with Crippen LogP contribution in [0, 0.1) is 46.1 Å². The summed E-state index contributed by atoms with van der Waals surface area (Å²) >= 11 is 6.43. The first-order valence-corrected chi connectivity index (χ1v) is 24.6. The van der Waals surface area contributed by atoms with Gasteiger partial charge in [-0.2, -0.15) is 10.5 Å². The molecule has 5 heterocycles. The van der Waals surface area contributed by atoms with Crippen molar-refractivity contribution in [3.05, 3.63) is 92.2 Å². The number of thiophene rings is 4. The average molecular weight is 909 g/mol. The summed E-state index contributed by atoms with van der Waals surface area (Å²) in [6.07, 6.45) is 12.2. The molecule has 6 nitrogen and oxygen atoms in total. The van der Waals surface area contributed by atoms with Gasteiger partial charge in [-0.3, -0.25) is 4.79 Å². The lowest BCUT2D eigenvalue weighted by Gasteiger charge is -2.31. The number of carbonyl (C=O) groups excluding carboxylic acids is 1. The number of fused-ring (bicyclic) bond motifs is 4. The lowest BCUT2D eigenvalue weighted by Crippen LogP contribution is -2.27. The zero-order valence-electron chi connectivity index (χ0n) is 36.0. The smallest absolute Gasteiger partial charge is 0.194 e. The summed E-state index contributed by atoms with van der Waals surface area (Å²) in [6, 6.07) is 13.7. The van der Waals surface area contributed by atoms with Gasteiger partial charge < -0.3 is 14.2 Å². The normalized spacial score (nSPS) is 15.3. The van der Waals surface area contributed by atoms with Crippen molar-refractivity contribution < 1.29 is 27.8 Å². The van der Waals surface area contributed by atoms with Crippen LogP contribution in [-0.4, -0.2) is 19.0 Å². The van der Waals surface area contributed by atoms with Gasteiger partial charge in [0.2, 0.25) is 0 Å². The number of nitriles is 2. The van der Waals surface area contributed by atoms with Crippen molar-refractivity contribution in [2.75, 3.05) is 13.2 Å². The zero-order chi connectivity index (χ0) is 44.3. The largest absolute Gasteiger partial charge is 0.492 e. The summed E-state index contributed by atoms with van der Waals surface area (Å²) in [7, 11) is 0. The second-order valence-corrected chi connectivity index (χ2v) is 20.6. The quantitative estimate of drug-likeness (QED) is 0.0642. The van der Waals surface area contributed by atoms with Gasteiger partial charge in [0.05, 0.1) is 37.6 Å². The Morgan fingerprint density at radius 3 is 1.89 bits per heavy atom. The highest BCUT2D eigenvalue weighted by atomic mass is 32.1. The minimum atomic E-state index is -1.18. The van der Waals surface area contributed by atoms with E-state index in [4.69, 9.17) is 14.2 Å². The Hall–Kier alpha value is -4.85. The van der Waals surface area contributed by atoms with Crippen molar-refractivity contribution in [2.45, 2.75) is 98.5 Å². The zero-order valence-corrected chi connectivity index (χ0v) is 39.2. The maximum Gasteiger partial charge on any atom is 0.194 e. The molecule has 322 valence electrons. The Bertz CT molecular complexity index is 2640. The summed E-state index contributed by atoms with van der Waals surface area (Å²) in [5.74, 6) is 0.168. The van der Waals surface area contributed by atoms with Crippen molar-refractivity contribution in [3.8, 4) is 58.6 Å². The highest BCUT2D eigenvalue weighted by Gasteiger charge is 2.38. The van der Waals surface area contributed by atoms with Gasteiger partial charge in [-0.05, 0) is 80.5 Å². The van der Waals surface area contributed by atoms with E-state index in [1.165, 1.54) is 24.2 Å². The molecule has 0 bridgehead atoms. The lowest BCUT2D eigenvalue weighted by atomic mass is 9.95. The standard InChI is InChI=1S/C50H50F2N2O4S4/c1-8-13-15-28(10-3)26-56-39-18-31(12-5)59-47(39)42-22-36-46(61-42)49-41(58-50(36,6)7)23-43(62-49)48-40(57-27-29(11-4)16-14-9-2)19-32(60-48)17-35-44(30(24-53)25-54)33-20-37(51)38(52)21-34(33)45(35)55/h12,17-23,28-29H,5,8-11,13-16,26-27H2,1-4,6-7H3/b35-17-. The van der Waals surface area contributed by atoms with E-state index in [2.05, 4.69) is 66.3 Å². The first-order valence-electron chi connectivity index (χ1n) is 21.3. The van der Waals surface area contributed by atoms with E-state index < -0.39 is 23.0 Å². The molecule has 1 aliphatic carbocycles. The van der Waals surface area contributed by atoms with Crippen molar-refractivity contribution in [2.24, 2.45) is 11.8 Å². The molecule has 0 fully saturated rings. The molecule has 2 atom stereocenters. The Morgan fingerprint density at radius 1 is 0.774 bits per heavy atom. The predicted molar refractivity (Wildman–Crippen MR) is 252 cm³/mol. The molecular formula is C50H50F2N2O4S4. The molecular weight excluding hydrogens is 859 g/mol. The van der Waals surface area contributed by atoms with Crippen LogP contribution in [-0.2, 0) is 5.60 Å². The Labute approximate surface area is 379 Å². The van der Waals surface area contributed by atoms with E-state index >= 15 is 0 Å². The van der Waals surface area contributed by atoms with Crippen molar-refractivity contribution in [1.29, 1.82) is 10.5 Å². The number of ether oxygens (including phenoxy) is 3. The maximum atomic E-state index is 14.5. The van der Waals surface area contributed by atoms with E-state index in [-0.39, 0.29) is 27.8 Å². The highest BCUT2D eigenvalue weighted by molar-refractivity contribution is 7.29. The van der Waals surface area contributed by atoms with Crippen LogP contribution in [0.25, 0.3) is 47.0 Å². The Balaban J connectivity index is 1.30. The fourth-order valence-electron chi connectivity index (χ4n) is 7.93. The molecule has 1 aromatic carbocycles. The number of unbranched alkanes of at least 4 members (excludes halogenated alkanes) is 2. The maximum absolute atomic E-state index is 14.5. The number of hydrogen-bond donors (Lipinski definition) is 0. The Morgan fingerprint density at radius 2 is 1.32 bits per heavy atom. The minimum Gasteiger partial charge on any atom is -0.492 e. The van der Waals surface area contributed by atoms with Crippen molar-refractivity contribution >= 4 is 68.9 Å². The first kappa shape index (κ1) is 45.2. The van der Waals surface area contributed by atoms with Crippen LogP contribution in [0.2, 0.25) is 0 Å². The number of carbonyl (C=O) groups is 1. The van der Waals surface area contributed by atoms with Crippen LogP contribution in [0.15, 0.2) is 54.1 Å². The number of halogens is 2. The second kappa shape index (κ2) is 19.3. The van der Waals surface area contributed by atoms with E-state index in [1.807, 2.05) is 24.3 Å². The summed E-state index contributed by atoms with van der Waals surface area (Å²) < 4.78 is 49.0. The topological polar surface area (TPSA) is 92.3 Å². The fraction of sp³-hybridized carbons (Fsp3) is 0.380. The van der Waals surface area contributed by atoms with Gasteiger partial charge in [-0.25, -0.2) is 8.78 Å². The van der Waals surface area contributed by atoms with Crippen LogP contribution in [0.1, 0.15) is 124 Å². The van der Waals surface area contributed by atoms with Crippen LogP contribution in [0.4, 0.5) is 8.78 Å². The molecule has 12 heteroatoms. The number of nitrogens with zero attached hydrogens (tertiary/aromatic N) is 2. The third-order valence-electron chi connectivity index (χ3n) is 11.6. The molecule has 2 unspecified atom stereocenters. The van der Waals surface area contributed by atoms with Gasteiger partial charge in [0, 0.05) is 43.0 Å². The summed E-state index contributed by atoms with van der Waals surface area (Å²) in [5, 5.41) is 19.8.